The Morgan fingerprint density at radius 2 is 1.20 bits per heavy atom. The summed E-state index contributed by atoms with van der Waals surface area (Å²) >= 11 is 0. The molecule has 5 aromatic rings. The van der Waals surface area contributed by atoms with Gasteiger partial charge in [-0.3, -0.25) is 4.79 Å². The van der Waals surface area contributed by atoms with Crippen LogP contribution >= 0.6 is 0 Å². The first-order chi connectivity index (χ1) is 19.9. The molecule has 204 valence electrons. The highest BCUT2D eigenvalue weighted by Crippen LogP contribution is 2.45. The first-order valence-corrected chi connectivity index (χ1v) is 13.1. The van der Waals surface area contributed by atoms with E-state index in [0.717, 1.165) is 23.9 Å². The van der Waals surface area contributed by atoms with Crippen LogP contribution in [0.5, 0.6) is 5.75 Å². The quantitative estimate of drug-likeness (QED) is 0.134. The Hall–Kier alpha value is -5.04. The summed E-state index contributed by atoms with van der Waals surface area (Å²) in [7, 11) is 1.87. The summed E-state index contributed by atoms with van der Waals surface area (Å²) in [6.45, 7) is 0. The normalized spacial score (nSPS) is 12.9. The fourth-order valence-corrected chi connectivity index (χ4v) is 5.33. The van der Waals surface area contributed by atoms with E-state index in [0.29, 0.717) is 17.2 Å². The van der Waals surface area contributed by atoms with Crippen LogP contribution in [0.25, 0.3) is 0 Å². The number of fused-ring (bicyclic) bond motifs is 4. The number of para-hydroxylation sites is 4. The molecule has 0 aliphatic carbocycles. The predicted molar refractivity (Wildman–Crippen MR) is 154 cm³/mol. The predicted octanol–water partition coefficient (Wildman–Crippen LogP) is 8.26. The molecule has 7 heteroatoms. The number of anilines is 4. The van der Waals surface area contributed by atoms with Gasteiger partial charge in [-0.25, -0.2) is 8.78 Å². The number of ether oxygens (including phenoxy) is 1. The SMILES string of the molecule is CN1c2ccccc2C(C(=O)Oc2c(F)ccc(F)c2F)c2ccccc21.c1ccc2c(c1)Cc1ccccc1N2. The third-order valence-corrected chi connectivity index (χ3v) is 7.34. The second-order valence-electron chi connectivity index (χ2n) is 9.82. The lowest BCUT2D eigenvalue weighted by Crippen LogP contribution is -2.28. The fraction of sp³-hybridized carbons (Fsp3) is 0.0882. The number of carbonyl (C=O) groups is 1. The Morgan fingerprint density at radius 3 is 1.78 bits per heavy atom. The maximum Gasteiger partial charge on any atom is 0.323 e. The molecule has 0 saturated carbocycles. The third kappa shape index (κ3) is 4.91. The van der Waals surface area contributed by atoms with Crippen LogP contribution in [-0.2, 0) is 11.2 Å². The van der Waals surface area contributed by atoms with E-state index in [1.54, 1.807) is 24.3 Å². The van der Waals surface area contributed by atoms with Gasteiger partial charge < -0.3 is 15.0 Å². The minimum Gasteiger partial charge on any atom is -0.419 e. The molecule has 4 nitrogen and oxygen atoms in total. The van der Waals surface area contributed by atoms with E-state index in [1.807, 2.05) is 36.2 Å². The number of hydrogen-bond donors (Lipinski definition) is 1. The van der Waals surface area contributed by atoms with Gasteiger partial charge in [0.2, 0.25) is 11.6 Å². The van der Waals surface area contributed by atoms with Crippen LogP contribution in [-0.4, -0.2) is 13.0 Å². The zero-order valence-electron chi connectivity index (χ0n) is 22.1. The summed E-state index contributed by atoms with van der Waals surface area (Å²) in [6, 6.07) is 32.7. The lowest BCUT2D eigenvalue weighted by atomic mass is 9.85. The second-order valence-corrected chi connectivity index (χ2v) is 9.82. The number of nitrogens with zero attached hydrogens (tertiary/aromatic N) is 1. The molecule has 41 heavy (non-hydrogen) atoms. The molecule has 5 aromatic carbocycles. The molecule has 0 unspecified atom stereocenters. The van der Waals surface area contributed by atoms with E-state index >= 15 is 0 Å². The van der Waals surface area contributed by atoms with Crippen molar-refractivity contribution in [2.75, 3.05) is 17.3 Å². The number of benzene rings is 5. The monoisotopic (exact) mass is 550 g/mol. The molecule has 0 aromatic heterocycles. The van der Waals surface area contributed by atoms with Gasteiger partial charge in [-0.2, -0.15) is 4.39 Å². The van der Waals surface area contributed by atoms with Crippen molar-refractivity contribution in [3.63, 3.8) is 0 Å². The van der Waals surface area contributed by atoms with Crippen molar-refractivity contribution in [3.05, 3.63) is 149 Å². The second kappa shape index (κ2) is 10.8. The maximum absolute atomic E-state index is 13.9. The number of rotatable bonds is 2. The Balaban J connectivity index is 0.000000180. The summed E-state index contributed by atoms with van der Waals surface area (Å²) in [5, 5.41) is 3.44. The summed E-state index contributed by atoms with van der Waals surface area (Å²) in [5.74, 6) is -6.77. The van der Waals surface area contributed by atoms with Gasteiger partial charge in [0.1, 0.15) is 5.92 Å². The third-order valence-electron chi connectivity index (χ3n) is 7.34. The minimum atomic E-state index is -1.53. The van der Waals surface area contributed by atoms with Gasteiger partial charge in [-0.15, -0.1) is 0 Å². The maximum atomic E-state index is 13.9. The van der Waals surface area contributed by atoms with Crippen LogP contribution < -0.4 is 15.0 Å². The van der Waals surface area contributed by atoms with Gasteiger partial charge in [0, 0.05) is 36.2 Å². The molecule has 1 N–H and O–H groups in total. The van der Waals surface area contributed by atoms with Crippen LogP contribution in [0.15, 0.2) is 109 Å². The van der Waals surface area contributed by atoms with Gasteiger partial charge in [0.25, 0.3) is 0 Å². The van der Waals surface area contributed by atoms with Crippen molar-refractivity contribution < 1.29 is 22.7 Å². The van der Waals surface area contributed by atoms with E-state index in [2.05, 4.69) is 53.8 Å². The average molecular weight is 551 g/mol. The molecular formula is C34H25F3N2O2. The zero-order chi connectivity index (χ0) is 28.5. The summed E-state index contributed by atoms with van der Waals surface area (Å²) < 4.78 is 46.3. The Labute approximate surface area is 235 Å². The van der Waals surface area contributed by atoms with Gasteiger partial charge in [-0.1, -0.05) is 72.8 Å². The van der Waals surface area contributed by atoms with E-state index in [-0.39, 0.29) is 0 Å². The Morgan fingerprint density at radius 1 is 0.707 bits per heavy atom. The molecule has 2 aliphatic rings. The van der Waals surface area contributed by atoms with Crippen molar-refractivity contribution in [2.45, 2.75) is 12.3 Å². The van der Waals surface area contributed by atoms with Crippen LogP contribution in [0, 0.1) is 17.5 Å². The molecule has 0 atom stereocenters. The van der Waals surface area contributed by atoms with Gasteiger partial charge in [0.15, 0.2) is 11.6 Å². The van der Waals surface area contributed by atoms with Crippen LogP contribution in [0.4, 0.5) is 35.9 Å². The lowest BCUT2D eigenvalue weighted by Gasteiger charge is -2.34. The molecule has 0 saturated heterocycles. The number of hydrogen-bond acceptors (Lipinski definition) is 4. The van der Waals surface area contributed by atoms with Crippen molar-refractivity contribution in [1.82, 2.24) is 0 Å². The molecule has 0 amide bonds. The number of nitrogens with one attached hydrogen (secondary N) is 1. The summed E-state index contributed by atoms with van der Waals surface area (Å²) in [5.41, 5.74) is 8.08. The van der Waals surface area contributed by atoms with E-state index < -0.39 is 35.1 Å². The van der Waals surface area contributed by atoms with Gasteiger partial charge in [-0.05, 0) is 58.7 Å². The van der Waals surface area contributed by atoms with Crippen molar-refractivity contribution in [2.24, 2.45) is 0 Å². The first kappa shape index (κ1) is 26.2. The number of carbonyl (C=O) groups excluding carboxylic acids is 1. The Bertz CT molecular complexity index is 1640. The van der Waals surface area contributed by atoms with E-state index in [1.165, 1.54) is 22.5 Å². The highest BCUT2D eigenvalue weighted by Gasteiger charge is 2.35. The summed E-state index contributed by atoms with van der Waals surface area (Å²) in [4.78, 5) is 14.8. The van der Waals surface area contributed by atoms with Crippen molar-refractivity contribution in [1.29, 1.82) is 0 Å². The molecule has 0 radical (unpaired) electrons. The van der Waals surface area contributed by atoms with Crippen molar-refractivity contribution in [3.8, 4) is 5.75 Å². The van der Waals surface area contributed by atoms with Crippen LogP contribution in [0.3, 0.4) is 0 Å². The molecule has 2 aliphatic heterocycles. The molecule has 2 heterocycles. The van der Waals surface area contributed by atoms with Gasteiger partial charge in [0.05, 0.1) is 0 Å². The average Bonchev–Trinajstić information content (AvgIpc) is 3.00. The molecule has 0 fully saturated rings. The molecule has 0 bridgehead atoms. The van der Waals surface area contributed by atoms with Crippen LogP contribution in [0.1, 0.15) is 28.2 Å². The molecule has 0 spiro atoms. The summed E-state index contributed by atoms with van der Waals surface area (Å²) in [6.07, 6.45) is 1.04. The molecule has 7 rings (SSSR count). The smallest absolute Gasteiger partial charge is 0.323 e. The molecular weight excluding hydrogens is 525 g/mol. The number of halogens is 3. The topological polar surface area (TPSA) is 41.6 Å². The lowest BCUT2D eigenvalue weighted by molar-refractivity contribution is -0.135. The van der Waals surface area contributed by atoms with E-state index in [9.17, 15) is 18.0 Å². The van der Waals surface area contributed by atoms with E-state index in [4.69, 9.17) is 4.74 Å². The first-order valence-electron chi connectivity index (χ1n) is 13.1. The zero-order valence-corrected chi connectivity index (χ0v) is 22.1. The largest absolute Gasteiger partial charge is 0.419 e. The number of esters is 1. The van der Waals surface area contributed by atoms with Crippen molar-refractivity contribution >= 4 is 28.7 Å². The van der Waals surface area contributed by atoms with Crippen LogP contribution in [0.2, 0.25) is 0 Å². The highest BCUT2D eigenvalue weighted by atomic mass is 19.2. The standard InChI is InChI=1S/C21H14F3NO2.C13H11N/c1-25-16-8-4-2-6-12(16)18(13-7-3-5-9-17(13)25)21(26)27-20-15(23)11-10-14(22)19(20)24;1-3-7-12-10(5-1)9-11-6-2-4-8-13(11)14-12/h2-11,18H,1H3;1-8,14H,9H2. The highest BCUT2D eigenvalue weighted by molar-refractivity contribution is 5.92. The fourth-order valence-electron chi connectivity index (χ4n) is 5.33. The Kier molecular flexibility index (Phi) is 6.93. The minimum absolute atomic E-state index is 0.640. The van der Waals surface area contributed by atoms with Gasteiger partial charge >= 0.3 is 5.97 Å².